The lowest BCUT2D eigenvalue weighted by atomic mass is 10.2. The molecule has 2 aromatic heterocycles. The summed E-state index contributed by atoms with van der Waals surface area (Å²) in [6.07, 6.45) is -3.45. The van der Waals surface area contributed by atoms with E-state index in [-0.39, 0.29) is 15.3 Å². The predicted molar refractivity (Wildman–Crippen MR) is 57.4 cm³/mol. The molecule has 0 fully saturated rings. The quantitative estimate of drug-likeness (QED) is 0.914. The maximum atomic E-state index is 12.3. The predicted octanol–water partition coefficient (Wildman–Crippen LogP) is 3.59. The fourth-order valence-corrected chi connectivity index (χ4v) is 2.82. The van der Waals surface area contributed by atoms with Crippen molar-refractivity contribution in [3.8, 4) is 10.4 Å². The molecule has 0 aliphatic carbocycles. The number of hydrogen-bond donors (Lipinski definition) is 1. The molecule has 2 aromatic rings. The third-order valence-corrected chi connectivity index (χ3v) is 3.85. The third-order valence-electron chi connectivity index (χ3n) is 1.87. The number of carboxylic acid groups (broad SMARTS) is 1. The summed E-state index contributed by atoms with van der Waals surface area (Å²) in [5.74, 6) is -1.16. The molecule has 0 amide bonds. The van der Waals surface area contributed by atoms with E-state index >= 15 is 0 Å². The van der Waals surface area contributed by atoms with Gasteiger partial charge in [0, 0.05) is 11.8 Å². The molecule has 3 nitrogen and oxygen atoms in total. The van der Waals surface area contributed by atoms with Gasteiger partial charge in [-0.05, 0) is 11.4 Å². The van der Waals surface area contributed by atoms with E-state index in [2.05, 4.69) is 4.98 Å². The summed E-state index contributed by atoms with van der Waals surface area (Å²) >= 11 is 1.40. The molecule has 0 bridgehead atoms. The first-order chi connectivity index (χ1) is 7.89. The van der Waals surface area contributed by atoms with Crippen molar-refractivity contribution in [1.82, 2.24) is 4.98 Å². The number of thiophene rings is 1. The van der Waals surface area contributed by atoms with Crippen molar-refractivity contribution in [3.05, 3.63) is 27.5 Å². The molecule has 2 heterocycles. The minimum Gasteiger partial charge on any atom is -0.477 e. The van der Waals surface area contributed by atoms with Crippen LogP contribution in [0.2, 0.25) is 0 Å². The van der Waals surface area contributed by atoms with Gasteiger partial charge in [0.15, 0.2) is 5.01 Å². The topological polar surface area (TPSA) is 50.2 Å². The largest absolute Gasteiger partial charge is 0.477 e. The van der Waals surface area contributed by atoms with Crippen LogP contribution in [0.15, 0.2) is 17.6 Å². The van der Waals surface area contributed by atoms with Gasteiger partial charge >= 0.3 is 12.1 Å². The zero-order chi connectivity index (χ0) is 12.6. The molecular weight excluding hydrogens is 275 g/mol. The fourth-order valence-electron chi connectivity index (χ4n) is 1.20. The normalized spacial score (nSPS) is 11.7. The van der Waals surface area contributed by atoms with E-state index in [0.717, 1.165) is 17.5 Å². The van der Waals surface area contributed by atoms with Gasteiger partial charge in [0.05, 0.1) is 4.88 Å². The molecule has 2 rings (SSSR count). The molecular formula is C9H4F3NO2S2. The summed E-state index contributed by atoms with van der Waals surface area (Å²) in [5.41, 5.74) is 0.274. The Labute approximate surface area is 101 Å². The second-order valence-electron chi connectivity index (χ2n) is 3.00. The SMILES string of the molecule is O=C(O)c1sccc1-c1cnc(C(F)(F)F)s1. The Morgan fingerprint density at radius 2 is 2.12 bits per heavy atom. The van der Waals surface area contributed by atoms with Crippen molar-refractivity contribution in [3.63, 3.8) is 0 Å². The first-order valence-corrected chi connectivity index (χ1v) is 5.93. The number of halogens is 3. The maximum absolute atomic E-state index is 12.3. The molecule has 0 radical (unpaired) electrons. The number of alkyl halides is 3. The maximum Gasteiger partial charge on any atom is 0.443 e. The minimum absolute atomic E-state index is 0.0161. The number of carbonyl (C=O) groups is 1. The lowest BCUT2D eigenvalue weighted by Crippen LogP contribution is -2.02. The summed E-state index contributed by atoms with van der Waals surface area (Å²) in [6, 6.07) is 1.47. The highest BCUT2D eigenvalue weighted by Gasteiger charge is 2.35. The first-order valence-electron chi connectivity index (χ1n) is 4.24. The number of carboxylic acids is 1. The number of hydrogen-bond acceptors (Lipinski definition) is 4. The van der Waals surface area contributed by atoms with Gasteiger partial charge in [-0.3, -0.25) is 0 Å². The van der Waals surface area contributed by atoms with E-state index in [1.54, 1.807) is 0 Å². The molecule has 0 aromatic carbocycles. The Kier molecular flexibility index (Phi) is 2.92. The van der Waals surface area contributed by atoms with Crippen LogP contribution in [0.1, 0.15) is 14.7 Å². The Balaban J connectivity index is 2.44. The fraction of sp³-hybridized carbons (Fsp3) is 0.111. The van der Waals surface area contributed by atoms with E-state index in [1.807, 2.05) is 0 Å². The molecule has 0 spiro atoms. The Morgan fingerprint density at radius 1 is 1.41 bits per heavy atom. The molecule has 0 saturated heterocycles. The molecule has 0 saturated carbocycles. The van der Waals surface area contributed by atoms with Gasteiger partial charge < -0.3 is 5.11 Å². The standard InChI is InChI=1S/C9H4F3NO2S2/c10-9(11,12)8-13-3-5(17-8)4-1-2-16-6(4)7(14)15/h1-3H,(H,14,15). The summed E-state index contributed by atoms with van der Waals surface area (Å²) < 4.78 is 37.0. The lowest BCUT2D eigenvalue weighted by Gasteiger charge is -1.99. The molecule has 8 heteroatoms. The second-order valence-corrected chi connectivity index (χ2v) is 4.94. The van der Waals surface area contributed by atoms with Gasteiger partial charge in [0.2, 0.25) is 0 Å². The number of aromatic carboxylic acids is 1. The summed E-state index contributed by atoms with van der Waals surface area (Å²) in [5, 5.41) is 9.40. The van der Waals surface area contributed by atoms with Crippen molar-refractivity contribution < 1.29 is 23.1 Å². The van der Waals surface area contributed by atoms with E-state index in [0.29, 0.717) is 11.3 Å². The average Bonchev–Trinajstić information content (AvgIpc) is 2.85. The van der Waals surface area contributed by atoms with Crippen LogP contribution in [0.3, 0.4) is 0 Å². The molecule has 1 N–H and O–H groups in total. The van der Waals surface area contributed by atoms with Crippen LogP contribution in [0.4, 0.5) is 13.2 Å². The molecule has 0 aliphatic rings. The van der Waals surface area contributed by atoms with Gasteiger partial charge in [0.25, 0.3) is 0 Å². The molecule has 90 valence electrons. The highest BCUT2D eigenvalue weighted by Crippen LogP contribution is 2.38. The van der Waals surface area contributed by atoms with Crippen LogP contribution in [0.25, 0.3) is 10.4 Å². The number of aromatic nitrogens is 1. The zero-order valence-electron chi connectivity index (χ0n) is 7.99. The van der Waals surface area contributed by atoms with E-state index in [1.165, 1.54) is 11.4 Å². The van der Waals surface area contributed by atoms with Gasteiger partial charge in [-0.2, -0.15) is 13.2 Å². The van der Waals surface area contributed by atoms with Gasteiger partial charge in [0.1, 0.15) is 4.88 Å². The Hall–Kier alpha value is -1.41. The summed E-state index contributed by atoms with van der Waals surface area (Å²) in [6.45, 7) is 0. The Morgan fingerprint density at radius 3 is 2.65 bits per heavy atom. The Bertz CT molecular complexity index is 559. The number of rotatable bonds is 2. The van der Waals surface area contributed by atoms with Crippen LogP contribution in [-0.4, -0.2) is 16.1 Å². The smallest absolute Gasteiger partial charge is 0.443 e. The zero-order valence-corrected chi connectivity index (χ0v) is 9.62. The highest BCUT2D eigenvalue weighted by atomic mass is 32.1. The van der Waals surface area contributed by atoms with Crippen LogP contribution in [-0.2, 0) is 6.18 Å². The minimum atomic E-state index is -4.50. The highest BCUT2D eigenvalue weighted by molar-refractivity contribution is 7.16. The van der Waals surface area contributed by atoms with Crippen molar-refractivity contribution in [2.24, 2.45) is 0 Å². The molecule has 0 atom stereocenters. The van der Waals surface area contributed by atoms with E-state index in [4.69, 9.17) is 5.11 Å². The van der Waals surface area contributed by atoms with Gasteiger partial charge in [-0.1, -0.05) is 0 Å². The van der Waals surface area contributed by atoms with Crippen LogP contribution in [0, 0.1) is 0 Å². The van der Waals surface area contributed by atoms with Crippen LogP contribution < -0.4 is 0 Å². The third kappa shape index (κ3) is 2.32. The summed E-state index contributed by atoms with van der Waals surface area (Å²) in [7, 11) is 0. The van der Waals surface area contributed by atoms with Crippen molar-refractivity contribution in [2.45, 2.75) is 6.18 Å². The summed E-state index contributed by atoms with van der Waals surface area (Å²) in [4.78, 5) is 14.3. The van der Waals surface area contributed by atoms with Crippen LogP contribution >= 0.6 is 22.7 Å². The number of thiazole rings is 1. The number of nitrogens with zero attached hydrogens (tertiary/aromatic N) is 1. The second kappa shape index (κ2) is 4.11. The van der Waals surface area contributed by atoms with Crippen molar-refractivity contribution in [1.29, 1.82) is 0 Å². The average molecular weight is 279 g/mol. The van der Waals surface area contributed by atoms with E-state index in [9.17, 15) is 18.0 Å². The molecule has 17 heavy (non-hydrogen) atoms. The molecule has 0 aliphatic heterocycles. The van der Waals surface area contributed by atoms with Crippen molar-refractivity contribution in [2.75, 3.05) is 0 Å². The van der Waals surface area contributed by atoms with Crippen LogP contribution in [0.5, 0.6) is 0 Å². The van der Waals surface area contributed by atoms with Gasteiger partial charge in [-0.15, -0.1) is 22.7 Å². The van der Waals surface area contributed by atoms with E-state index < -0.39 is 17.2 Å². The monoisotopic (exact) mass is 279 g/mol. The first kappa shape index (κ1) is 12.1. The lowest BCUT2D eigenvalue weighted by molar-refractivity contribution is -0.137. The molecule has 0 unspecified atom stereocenters. The van der Waals surface area contributed by atoms with Crippen molar-refractivity contribution >= 4 is 28.6 Å². The van der Waals surface area contributed by atoms with Gasteiger partial charge in [-0.25, -0.2) is 9.78 Å².